The summed E-state index contributed by atoms with van der Waals surface area (Å²) in [5, 5.41) is 12.3. The maximum atomic E-state index is 12.7. The molecule has 1 aromatic heterocycles. The fraction of sp³-hybridized carbons (Fsp3) is 0.286. The van der Waals surface area contributed by atoms with Gasteiger partial charge in [-0.25, -0.2) is 22.5 Å². The van der Waals surface area contributed by atoms with Crippen LogP contribution in [0.25, 0.3) is 0 Å². The van der Waals surface area contributed by atoms with Gasteiger partial charge in [-0.3, -0.25) is 10.1 Å². The van der Waals surface area contributed by atoms with E-state index in [0.29, 0.717) is 0 Å². The minimum atomic E-state index is -3.98. The molecule has 9 nitrogen and oxygen atoms in total. The highest BCUT2D eigenvalue weighted by molar-refractivity contribution is 7.93. The Bertz CT molecular complexity index is 922. The molecule has 0 saturated carbocycles. The van der Waals surface area contributed by atoms with E-state index in [1.165, 1.54) is 31.5 Å². The van der Waals surface area contributed by atoms with Crippen molar-refractivity contribution in [1.29, 1.82) is 0 Å². The predicted molar refractivity (Wildman–Crippen MR) is 91.5 cm³/mol. The average molecular weight is 385 g/mol. The molecular weight excluding hydrogens is 370 g/mol. The Morgan fingerprint density at radius 3 is 2.68 bits per heavy atom. The number of hydrogen-bond acceptors (Lipinski definition) is 8. The smallest absolute Gasteiger partial charge is 0.357 e. The molecule has 2 rings (SSSR count). The lowest BCUT2D eigenvalue weighted by Gasteiger charge is -2.17. The molecule has 0 atom stereocenters. The van der Waals surface area contributed by atoms with Crippen molar-refractivity contribution in [3.05, 3.63) is 45.0 Å². The molecule has 0 N–H and O–H groups in total. The Kier molecular flexibility index (Phi) is 5.38. The summed E-state index contributed by atoms with van der Waals surface area (Å²) in [4.78, 5) is 25.7. The van der Waals surface area contributed by atoms with Crippen molar-refractivity contribution in [1.82, 2.24) is 4.98 Å². The number of benzene rings is 1. The van der Waals surface area contributed by atoms with Gasteiger partial charge in [0.1, 0.15) is 0 Å². The van der Waals surface area contributed by atoms with Gasteiger partial charge in [-0.2, -0.15) is 0 Å². The first-order chi connectivity index (χ1) is 11.7. The van der Waals surface area contributed by atoms with Crippen molar-refractivity contribution in [2.75, 3.05) is 18.0 Å². The van der Waals surface area contributed by atoms with E-state index >= 15 is 0 Å². The van der Waals surface area contributed by atoms with Crippen molar-refractivity contribution in [3.8, 4) is 0 Å². The summed E-state index contributed by atoms with van der Waals surface area (Å²) >= 11 is 0.974. The molecule has 0 saturated heterocycles. The zero-order chi connectivity index (χ0) is 18.8. The third kappa shape index (κ3) is 3.77. The minimum absolute atomic E-state index is 0.0179. The monoisotopic (exact) mass is 385 g/mol. The zero-order valence-corrected chi connectivity index (χ0v) is 15.3. The van der Waals surface area contributed by atoms with Crippen molar-refractivity contribution in [2.45, 2.75) is 18.7 Å². The molecule has 0 unspecified atom stereocenters. The fourth-order valence-electron chi connectivity index (χ4n) is 1.99. The number of sulfonamides is 1. The van der Waals surface area contributed by atoms with Crippen LogP contribution in [0.1, 0.15) is 23.0 Å². The first-order valence-corrected chi connectivity index (χ1v) is 9.37. The lowest BCUT2D eigenvalue weighted by Crippen LogP contribution is -2.27. The Morgan fingerprint density at radius 1 is 1.44 bits per heavy atom. The third-order valence-electron chi connectivity index (χ3n) is 3.25. The number of carbonyl (C=O) groups excluding carboxylic acids is 1. The number of non-ortho nitro benzene ring substituents is 1. The highest BCUT2D eigenvalue weighted by Gasteiger charge is 2.27. The minimum Gasteiger partial charge on any atom is -0.461 e. The summed E-state index contributed by atoms with van der Waals surface area (Å²) in [6, 6.07) is 3.49. The fourth-order valence-corrected chi connectivity index (χ4v) is 4.33. The number of carbonyl (C=O) groups is 1. The molecule has 0 bridgehead atoms. The van der Waals surface area contributed by atoms with Gasteiger partial charge in [-0.1, -0.05) is 0 Å². The summed E-state index contributed by atoms with van der Waals surface area (Å²) < 4.78 is 31.2. The van der Waals surface area contributed by atoms with Crippen molar-refractivity contribution >= 4 is 38.1 Å². The van der Waals surface area contributed by atoms with Crippen molar-refractivity contribution in [3.63, 3.8) is 0 Å². The van der Waals surface area contributed by atoms with Crippen LogP contribution in [0.4, 0.5) is 10.8 Å². The molecule has 0 spiro atoms. The number of aromatic nitrogens is 1. The molecule has 134 valence electrons. The van der Waals surface area contributed by atoms with Gasteiger partial charge in [0.15, 0.2) is 10.8 Å². The molecule has 25 heavy (non-hydrogen) atoms. The van der Waals surface area contributed by atoms with Crippen LogP contribution in [0.5, 0.6) is 0 Å². The topological polar surface area (TPSA) is 120 Å². The van der Waals surface area contributed by atoms with Crippen molar-refractivity contribution < 1.29 is 22.9 Å². The molecule has 1 aromatic carbocycles. The van der Waals surface area contributed by atoms with Gasteiger partial charge in [0, 0.05) is 24.6 Å². The van der Waals surface area contributed by atoms with Gasteiger partial charge in [-0.05, 0) is 25.5 Å². The average Bonchev–Trinajstić information content (AvgIpc) is 3.03. The van der Waals surface area contributed by atoms with Crippen LogP contribution < -0.4 is 4.31 Å². The number of rotatable bonds is 6. The Morgan fingerprint density at radius 2 is 2.12 bits per heavy atom. The molecule has 0 amide bonds. The van der Waals surface area contributed by atoms with E-state index in [9.17, 15) is 23.3 Å². The number of thiazole rings is 1. The lowest BCUT2D eigenvalue weighted by molar-refractivity contribution is -0.385. The number of esters is 1. The molecule has 0 fully saturated rings. The number of nitro benzene ring substituents is 1. The number of nitrogens with zero attached hydrogens (tertiary/aromatic N) is 3. The largest absolute Gasteiger partial charge is 0.461 e. The predicted octanol–water partition coefficient (Wildman–Crippen LogP) is 2.36. The molecule has 2 aromatic rings. The Labute approximate surface area is 148 Å². The van der Waals surface area contributed by atoms with E-state index in [0.717, 1.165) is 21.7 Å². The van der Waals surface area contributed by atoms with Gasteiger partial charge in [-0.15, -0.1) is 11.3 Å². The maximum absolute atomic E-state index is 12.7. The lowest BCUT2D eigenvalue weighted by atomic mass is 10.2. The highest BCUT2D eigenvalue weighted by atomic mass is 32.2. The summed E-state index contributed by atoms with van der Waals surface area (Å²) in [5.74, 6) is -0.637. The van der Waals surface area contributed by atoms with Crippen molar-refractivity contribution in [2.24, 2.45) is 0 Å². The molecule has 11 heteroatoms. The second kappa shape index (κ2) is 7.15. The van der Waals surface area contributed by atoms with Crippen LogP contribution in [0.2, 0.25) is 0 Å². The van der Waals surface area contributed by atoms with Gasteiger partial charge in [0.25, 0.3) is 15.7 Å². The van der Waals surface area contributed by atoms with Crippen LogP contribution in [-0.2, 0) is 14.8 Å². The maximum Gasteiger partial charge on any atom is 0.357 e. The van der Waals surface area contributed by atoms with Crippen LogP contribution in [0.3, 0.4) is 0 Å². The summed E-state index contributed by atoms with van der Waals surface area (Å²) in [7, 11) is -2.69. The van der Waals surface area contributed by atoms with E-state index in [2.05, 4.69) is 4.98 Å². The highest BCUT2D eigenvalue weighted by Crippen LogP contribution is 2.28. The standard InChI is InChI=1S/C14H15N3O6S2/c1-4-23-13(18)11-8-24-14(15-11)16(3)25(21,22)12-6-5-10(17(19)20)7-9(12)2/h5-8H,4H2,1-3H3. The number of hydrogen-bond donors (Lipinski definition) is 0. The van der Waals surface area contributed by atoms with Gasteiger partial charge in [0.2, 0.25) is 0 Å². The number of aryl methyl sites for hydroxylation is 1. The van der Waals surface area contributed by atoms with E-state index in [1.807, 2.05) is 0 Å². The third-order valence-corrected chi connectivity index (χ3v) is 6.19. The second-order valence-corrected chi connectivity index (χ2v) is 7.69. The van der Waals surface area contributed by atoms with Gasteiger partial charge in [0.05, 0.1) is 16.4 Å². The number of ether oxygens (including phenoxy) is 1. The zero-order valence-electron chi connectivity index (χ0n) is 13.6. The summed E-state index contributed by atoms with van der Waals surface area (Å²) in [6.45, 7) is 3.31. The molecule has 1 heterocycles. The normalized spacial score (nSPS) is 11.2. The van der Waals surface area contributed by atoms with Crippen LogP contribution >= 0.6 is 11.3 Å². The molecule has 0 aliphatic heterocycles. The van der Waals surface area contributed by atoms with Crippen LogP contribution in [0.15, 0.2) is 28.5 Å². The van der Waals surface area contributed by atoms with Crippen LogP contribution in [-0.4, -0.2) is 37.9 Å². The molecule has 0 aliphatic rings. The number of nitro groups is 1. The Balaban J connectivity index is 2.36. The van der Waals surface area contributed by atoms with E-state index in [1.54, 1.807) is 6.92 Å². The van der Waals surface area contributed by atoms with Crippen LogP contribution in [0, 0.1) is 17.0 Å². The van der Waals surface area contributed by atoms with Gasteiger partial charge >= 0.3 is 5.97 Å². The first-order valence-electron chi connectivity index (χ1n) is 7.05. The number of anilines is 1. The quantitative estimate of drug-likeness (QED) is 0.425. The Hall–Kier alpha value is -2.53. The van der Waals surface area contributed by atoms with Gasteiger partial charge < -0.3 is 4.74 Å². The SMILES string of the molecule is CCOC(=O)c1csc(N(C)S(=O)(=O)c2ccc([N+](=O)[O-])cc2C)n1. The summed E-state index contributed by atoms with van der Waals surface area (Å²) in [6.07, 6.45) is 0. The van der Waals surface area contributed by atoms with E-state index < -0.39 is 20.9 Å². The molecule has 0 radical (unpaired) electrons. The van der Waals surface area contributed by atoms with E-state index in [-0.39, 0.29) is 33.6 Å². The molecular formula is C14H15N3O6S2. The first kappa shape index (κ1) is 18.8. The van der Waals surface area contributed by atoms with E-state index in [4.69, 9.17) is 4.74 Å². The molecule has 0 aliphatic carbocycles. The summed E-state index contributed by atoms with van der Waals surface area (Å²) in [5.41, 5.74) is 0.0606. The second-order valence-electron chi connectivity index (χ2n) is 4.92.